The lowest BCUT2D eigenvalue weighted by atomic mass is 10.0. The molecule has 0 spiro atoms. The van der Waals surface area contributed by atoms with E-state index in [1.807, 2.05) is 26.8 Å². The van der Waals surface area contributed by atoms with E-state index in [1.165, 1.54) is 4.90 Å². The maximum atomic E-state index is 13.4. The Kier molecular flexibility index (Phi) is 6.90. The van der Waals surface area contributed by atoms with Crippen LogP contribution in [-0.4, -0.2) is 54.4 Å². The fraction of sp³-hybridized carbons (Fsp3) is 0.579. The van der Waals surface area contributed by atoms with Gasteiger partial charge in [-0.2, -0.15) is 0 Å². The number of fused-ring (bicyclic) bond motifs is 1. The molecule has 0 bridgehead atoms. The molecule has 8 nitrogen and oxygen atoms in total. The fourth-order valence-corrected chi connectivity index (χ4v) is 3.09. The van der Waals surface area contributed by atoms with E-state index in [2.05, 4.69) is 20.9 Å². The molecule has 0 aliphatic carbocycles. The number of likely N-dealkylation sites (N-methyl/N-ethyl adjacent to an activating group) is 2. The normalized spacial score (nSPS) is 18.0. The number of carbonyl (C=O) groups is 3. The van der Waals surface area contributed by atoms with E-state index in [9.17, 15) is 14.4 Å². The maximum Gasteiger partial charge on any atom is 0.251 e. The van der Waals surface area contributed by atoms with Gasteiger partial charge in [-0.1, -0.05) is 19.9 Å². The molecule has 0 aromatic carbocycles. The van der Waals surface area contributed by atoms with Crippen molar-refractivity contribution in [1.29, 1.82) is 0 Å². The summed E-state index contributed by atoms with van der Waals surface area (Å²) < 4.78 is 0. The van der Waals surface area contributed by atoms with Crippen LogP contribution in [-0.2, 0) is 20.8 Å². The van der Waals surface area contributed by atoms with Gasteiger partial charge >= 0.3 is 0 Å². The highest BCUT2D eigenvalue weighted by molar-refractivity contribution is 6.06. The first-order valence-electron chi connectivity index (χ1n) is 9.34. The summed E-state index contributed by atoms with van der Waals surface area (Å²) in [4.78, 5) is 44.1. The first-order chi connectivity index (χ1) is 12.8. The zero-order chi connectivity index (χ0) is 20.1. The number of nitrogens with one attached hydrogen (secondary N) is 3. The third-order valence-electron chi connectivity index (χ3n) is 4.77. The minimum absolute atomic E-state index is 0.145. The molecule has 0 fully saturated rings. The van der Waals surface area contributed by atoms with Crippen molar-refractivity contribution in [3.05, 3.63) is 23.9 Å². The molecule has 1 aliphatic rings. The molecule has 0 radical (unpaired) electrons. The average molecular weight is 375 g/mol. The second-order valence-electron chi connectivity index (χ2n) is 7.05. The van der Waals surface area contributed by atoms with Crippen molar-refractivity contribution in [3.8, 4) is 0 Å². The third-order valence-corrected chi connectivity index (χ3v) is 4.77. The number of rotatable bonds is 7. The average Bonchev–Trinajstić information content (AvgIpc) is 3.04. The zero-order valence-corrected chi connectivity index (χ0v) is 16.6. The topological polar surface area (TPSA) is 103 Å². The van der Waals surface area contributed by atoms with Gasteiger partial charge in [0.15, 0.2) is 0 Å². The summed E-state index contributed by atoms with van der Waals surface area (Å²) in [5, 5.41) is 8.46. The van der Waals surface area contributed by atoms with Gasteiger partial charge in [-0.15, -0.1) is 0 Å². The van der Waals surface area contributed by atoms with Crippen LogP contribution in [0.5, 0.6) is 0 Å². The van der Waals surface area contributed by atoms with Gasteiger partial charge in [-0.3, -0.25) is 19.3 Å². The van der Waals surface area contributed by atoms with E-state index >= 15 is 0 Å². The fourth-order valence-electron chi connectivity index (χ4n) is 3.09. The lowest BCUT2D eigenvalue weighted by Crippen LogP contribution is -2.58. The third kappa shape index (κ3) is 4.44. The number of hydrogen-bond donors (Lipinski definition) is 3. The van der Waals surface area contributed by atoms with E-state index in [-0.39, 0.29) is 23.6 Å². The van der Waals surface area contributed by atoms with Crippen molar-refractivity contribution in [2.45, 2.75) is 52.2 Å². The Morgan fingerprint density at radius 1 is 1.30 bits per heavy atom. The number of hydrogen-bond acceptors (Lipinski definition) is 5. The number of carbonyl (C=O) groups excluding carboxylic acids is 3. The Labute approximate surface area is 160 Å². The molecule has 2 heterocycles. The molecule has 3 atom stereocenters. The molecule has 0 saturated carbocycles. The maximum absolute atomic E-state index is 13.4. The van der Waals surface area contributed by atoms with Crippen molar-refractivity contribution in [1.82, 2.24) is 20.9 Å². The molecule has 2 rings (SSSR count). The summed E-state index contributed by atoms with van der Waals surface area (Å²) >= 11 is 0. The lowest BCUT2D eigenvalue weighted by molar-refractivity contribution is -0.131. The van der Waals surface area contributed by atoms with Gasteiger partial charge in [0.25, 0.3) is 5.91 Å². The second-order valence-corrected chi connectivity index (χ2v) is 7.05. The van der Waals surface area contributed by atoms with E-state index in [0.29, 0.717) is 18.8 Å². The first kappa shape index (κ1) is 20.8. The van der Waals surface area contributed by atoms with Crippen molar-refractivity contribution in [2.24, 2.45) is 5.92 Å². The standard InChI is InChI=1S/C19H29N5O3/c1-6-21-18(26)14-10-13-8-7-9-22-16(13)24(14)19(27)15(11(2)3)23-17(25)12(4)20-5/h7-9,11-12,14-15,20H,6,10H2,1-5H3,(H,21,26)(H,23,25)/t12-,14-,15-/m0/s1. The lowest BCUT2D eigenvalue weighted by Gasteiger charge is -2.31. The van der Waals surface area contributed by atoms with Crippen LogP contribution in [0.4, 0.5) is 5.82 Å². The molecule has 0 unspecified atom stereocenters. The highest BCUT2D eigenvalue weighted by Gasteiger charge is 2.42. The van der Waals surface area contributed by atoms with E-state index < -0.39 is 18.1 Å². The highest BCUT2D eigenvalue weighted by atomic mass is 16.2. The van der Waals surface area contributed by atoms with Crippen molar-refractivity contribution < 1.29 is 14.4 Å². The summed E-state index contributed by atoms with van der Waals surface area (Å²) in [6, 6.07) is 1.81. The van der Waals surface area contributed by atoms with Crippen molar-refractivity contribution >= 4 is 23.5 Å². The van der Waals surface area contributed by atoms with Crippen molar-refractivity contribution in [2.75, 3.05) is 18.5 Å². The van der Waals surface area contributed by atoms with Gasteiger partial charge < -0.3 is 16.0 Å². The smallest absolute Gasteiger partial charge is 0.251 e. The Balaban J connectivity index is 2.35. The Bertz CT molecular complexity index is 706. The van der Waals surface area contributed by atoms with Gasteiger partial charge in [0.1, 0.15) is 17.9 Å². The predicted molar refractivity (Wildman–Crippen MR) is 103 cm³/mol. The SMILES string of the molecule is CCNC(=O)[C@@H]1Cc2cccnc2N1C(=O)[C@@H](NC(=O)[C@H](C)NC)C(C)C. The largest absolute Gasteiger partial charge is 0.355 e. The van der Waals surface area contributed by atoms with Crippen LogP contribution in [0.25, 0.3) is 0 Å². The van der Waals surface area contributed by atoms with Crippen LogP contribution in [0.3, 0.4) is 0 Å². The Morgan fingerprint density at radius 3 is 2.59 bits per heavy atom. The molecule has 0 saturated heterocycles. The minimum atomic E-state index is -0.752. The van der Waals surface area contributed by atoms with Gasteiger partial charge in [-0.25, -0.2) is 4.98 Å². The second kappa shape index (κ2) is 8.94. The summed E-state index contributed by atoms with van der Waals surface area (Å²) in [6.07, 6.45) is 2.01. The molecule has 3 amide bonds. The minimum Gasteiger partial charge on any atom is -0.355 e. The van der Waals surface area contributed by atoms with Crippen LogP contribution >= 0.6 is 0 Å². The molecule has 3 N–H and O–H groups in total. The van der Waals surface area contributed by atoms with Gasteiger partial charge in [0.2, 0.25) is 11.8 Å². The van der Waals surface area contributed by atoms with Crippen LogP contribution in [0.2, 0.25) is 0 Å². The van der Waals surface area contributed by atoms with Crippen LogP contribution in [0, 0.1) is 5.92 Å². The first-order valence-corrected chi connectivity index (χ1v) is 9.34. The molecular formula is C19H29N5O3. The predicted octanol–water partition coefficient (Wildman–Crippen LogP) is 0.224. The summed E-state index contributed by atoms with van der Waals surface area (Å²) in [6.45, 7) is 7.76. The highest BCUT2D eigenvalue weighted by Crippen LogP contribution is 2.31. The molecule has 148 valence electrons. The Hall–Kier alpha value is -2.48. The van der Waals surface area contributed by atoms with E-state index in [1.54, 1.807) is 26.2 Å². The molecular weight excluding hydrogens is 346 g/mol. The quantitative estimate of drug-likeness (QED) is 0.633. The zero-order valence-electron chi connectivity index (χ0n) is 16.6. The van der Waals surface area contributed by atoms with E-state index in [4.69, 9.17) is 0 Å². The summed E-state index contributed by atoms with van der Waals surface area (Å²) in [7, 11) is 1.68. The number of pyridine rings is 1. The van der Waals surface area contributed by atoms with Crippen LogP contribution in [0.15, 0.2) is 18.3 Å². The van der Waals surface area contributed by atoms with Crippen LogP contribution in [0.1, 0.15) is 33.3 Å². The van der Waals surface area contributed by atoms with E-state index in [0.717, 1.165) is 5.56 Å². The number of amides is 3. The van der Waals surface area contributed by atoms with Gasteiger partial charge in [0, 0.05) is 19.2 Å². The van der Waals surface area contributed by atoms with Gasteiger partial charge in [0.05, 0.1) is 6.04 Å². The molecule has 1 aromatic heterocycles. The molecule has 1 aromatic rings. The van der Waals surface area contributed by atoms with Crippen molar-refractivity contribution in [3.63, 3.8) is 0 Å². The molecule has 8 heteroatoms. The molecule has 27 heavy (non-hydrogen) atoms. The number of nitrogens with zero attached hydrogens (tertiary/aromatic N) is 2. The number of aromatic nitrogens is 1. The summed E-state index contributed by atoms with van der Waals surface area (Å²) in [5.74, 6) is -0.468. The summed E-state index contributed by atoms with van der Waals surface area (Å²) in [5.41, 5.74) is 0.847. The van der Waals surface area contributed by atoms with Crippen LogP contribution < -0.4 is 20.9 Å². The Morgan fingerprint density at radius 2 is 2.00 bits per heavy atom. The monoisotopic (exact) mass is 375 g/mol. The van der Waals surface area contributed by atoms with Gasteiger partial charge in [-0.05, 0) is 38.4 Å². The number of anilines is 1. The molecule has 1 aliphatic heterocycles.